The molecule has 0 saturated heterocycles. The van der Waals surface area contributed by atoms with Gasteiger partial charge in [-0.1, -0.05) is 36.9 Å². The van der Waals surface area contributed by atoms with Crippen LogP contribution in [0.1, 0.15) is 29.2 Å². The summed E-state index contributed by atoms with van der Waals surface area (Å²) in [7, 11) is 0. The molecule has 0 unspecified atom stereocenters. The minimum atomic E-state index is -0.00402. The molecule has 0 atom stereocenters. The molecule has 0 spiro atoms. The van der Waals surface area contributed by atoms with E-state index in [1.807, 2.05) is 45.0 Å². The second-order valence-corrected chi connectivity index (χ2v) is 6.51. The summed E-state index contributed by atoms with van der Waals surface area (Å²) in [6.07, 6.45) is 1.91. The molecule has 0 aliphatic heterocycles. The lowest BCUT2D eigenvalue weighted by atomic mass is 10.0. The van der Waals surface area contributed by atoms with Crippen molar-refractivity contribution >= 4 is 23.4 Å². The van der Waals surface area contributed by atoms with E-state index in [0.717, 1.165) is 38.2 Å². The quantitative estimate of drug-likeness (QED) is 0.674. The Morgan fingerprint density at radius 2 is 1.62 bits per heavy atom. The minimum absolute atomic E-state index is 0.00402. The summed E-state index contributed by atoms with van der Waals surface area (Å²) in [5.41, 5.74) is 5.50. The third kappa shape index (κ3) is 2.30. The molecule has 0 N–H and O–H groups in total. The zero-order valence-corrected chi connectivity index (χ0v) is 15.0. The molecule has 0 radical (unpaired) electrons. The molecule has 0 bridgehead atoms. The fraction of sp³-hybridized carbons (Fsp3) is 0.227. The first kappa shape index (κ1) is 16.3. The molecule has 1 heterocycles. The first-order valence-corrected chi connectivity index (χ1v) is 8.24. The van der Waals surface area contributed by atoms with E-state index in [0.29, 0.717) is 0 Å². The maximum absolute atomic E-state index is 13.2. The summed E-state index contributed by atoms with van der Waals surface area (Å²) in [6.45, 7) is 14.4. The van der Waals surface area contributed by atoms with Gasteiger partial charge in [0.25, 0.3) is 5.56 Å². The van der Waals surface area contributed by atoms with Crippen molar-refractivity contribution in [3.8, 4) is 5.69 Å². The molecule has 3 rings (SSSR count). The van der Waals surface area contributed by atoms with Crippen LogP contribution in [0.5, 0.6) is 0 Å². The molecule has 24 heavy (non-hydrogen) atoms. The van der Waals surface area contributed by atoms with Gasteiger partial charge in [0, 0.05) is 16.0 Å². The summed E-state index contributed by atoms with van der Waals surface area (Å²) in [4.78, 5) is 13.2. The Labute approximate surface area is 142 Å². The smallest absolute Gasteiger partial charge is 0.263 e. The lowest BCUT2D eigenvalue weighted by Gasteiger charge is -2.15. The van der Waals surface area contributed by atoms with Gasteiger partial charge in [0.2, 0.25) is 0 Å². The average Bonchev–Trinajstić information content (AvgIpc) is 2.53. The van der Waals surface area contributed by atoms with Gasteiger partial charge < -0.3 is 0 Å². The second kappa shape index (κ2) is 5.79. The Morgan fingerprint density at radius 1 is 0.958 bits per heavy atom. The molecule has 1 aromatic heterocycles. The predicted octanol–water partition coefficient (Wildman–Crippen LogP) is 3.44. The third-order valence-corrected chi connectivity index (χ3v) is 4.90. The van der Waals surface area contributed by atoms with Crippen LogP contribution in [-0.2, 0) is 0 Å². The van der Waals surface area contributed by atoms with Crippen LogP contribution in [0, 0.1) is 27.7 Å². The molecule has 0 aliphatic carbocycles. The molecular weight excluding hydrogens is 294 g/mol. The van der Waals surface area contributed by atoms with E-state index in [4.69, 9.17) is 0 Å². The largest absolute Gasteiger partial charge is 0.277 e. The lowest BCUT2D eigenvalue weighted by Crippen LogP contribution is -2.42. The van der Waals surface area contributed by atoms with Crippen LogP contribution in [0.15, 0.2) is 35.1 Å². The number of nitrogens with zero attached hydrogens (tertiary/aromatic N) is 1. The molecule has 0 aliphatic rings. The highest BCUT2D eigenvalue weighted by Crippen LogP contribution is 2.18. The van der Waals surface area contributed by atoms with Gasteiger partial charge in [-0.25, -0.2) is 0 Å². The van der Waals surface area contributed by atoms with Gasteiger partial charge in [0.15, 0.2) is 0 Å². The topological polar surface area (TPSA) is 22.0 Å². The van der Waals surface area contributed by atoms with Crippen LogP contribution in [0.25, 0.3) is 29.1 Å². The van der Waals surface area contributed by atoms with E-state index in [1.54, 1.807) is 4.57 Å². The third-order valence-electron chi connectivity index (χ3n) is 4.90. The summed E-state index contributed by atoms with van der Waals surface area (Å²) in [6, 6.07) is 10.3. The minimum Gasteiger partial charge on any atom is -0.277 e. The van der Waals surface area contributed by atoms with E-state index < -0.39 is 0 Å². The number of aromatic nitrogens is 1. The zero-order valence-electron chi connectivity index (χ0n) is 15.0. The molecule has 0 fully saturated rings. The van der Waals surface area contributed by atoms with Gasteiger partial charge >= 0.3 is 0 Å². The molecule has 0 amide bonds. The molecular formula is C22H23NO. The Kier molecular flexibility index (Phi) is 3.92. The van der Waals surface area contributed by atoms with Crippen molar-refractivity contribution < 1.29 is 0 Å². The fourth-order valence-corrected chi connectivity index (χ4v) is 3.44. The number of fused-ring (bicyclic) bond motifs is 1. The summed E-state index contributed by atoms with van der Waals surface area (Å²) in [5.74, 6) is 0. The highest BCUT2D eigenvalue weighted by Gasteiger charge is 2.12. The molecule has 2 heteroatoms. The van der Waals surface area contributed by atoms with Crippen molar-refractivity contribution in [2.45, 2.75) is 34.6 Å². The van der Waals surface area contributed by atoms with Crippen molar-refractivity contribution in [3.05, 3.63) is 73.5 Å². The van der Waals surface area contributed by atoms with E-state index in [9.17, 15) is 4.79 Å². The SMILES string of the molecule is C=c1c2cccc(C)c2/c(=C\C)c(=O)n1-c1cc(C)c(C)cc1C. The number of hydrogen-bond acceptors (Lipinski definition) is 1. The Bertz CT molecular complexity index is 1130. The fourth-order valence-electron chi connectivity index (χ4n) is 3.44. The highest BCUT2D eigenvalue weighted by atomic mass is 16.1. The maximum atomic E-state index is 13.2. The van der Waals surface area contributed by atoms with Crippen LogP contribution in [-0.4, -0.2) is 4.57 Å². The summed E-state index contributed by atoms with van der Waals surface area (Å²) >= 11 is 0. The van der Waals surface area contributed by atoms with Crippen molar-refractivity contribution in [1.29, 1.82) is 0 Å². The van der Waals surface area contributed by atoms with Crippen molar-refractivity contribution in [1.82, 2.24) is 4.57 Å². The Hall–Kier alpha value is -2.61. The molecule has 0 saturated carbocycles. The van der Waals surface area contributed by atoms with Gasteiger partial charge in [-0.2, -0.15) is 0 Å². The molecule has 2 nitrogen and oxygen atoms in total. The van der Waals surface area contributed by atoms with Gasteiger partial charge in [0.05, 0.1) is 5.69 Å². The van der Waals surface area contributed by atoms with Crippen LogP contribution in [0.4, 0.5) is 0 Å². The van der Waals surface area contributed by atoms with E-state index in [2.05, 4.69) is 32.6 Å². The zero-order chi connectivity index (χ0) is 17.6. The monoisotopic (exact) mass is 317 g/mol. The standard InChI is InChI=1S/C22H23NO/c1-7-18-21-13(2)9-8-10-19(21)17(6)23(22(18)24)20-12-15(4)14(3)11-16(20)5/h7-12H,6H2,1-5H3/b18-7+. The highest BCUT2D eigenvalue weighted by molar-refractivity contribution is 5.86. The van der Waals surface area contributed by atoms with Crippen LogP contribution in [0.3, 0.4) is 0 Å². The number of rotatable bonds is 1. The average molecular weight is 317 g/mol. The number of pyridine rings is 1. The van der Waals surface area contributed by atoms with Crippen molar-refractivity contribution in [2.24, 2.45) is 0 Å². The molecule has 3 aromatic rings. The second-order valence-electron chi connectivity index (χ2n) is 6.51. The van der Waals surface area contributed by atoms with Crippen LogP contribution in [0.2, 0.25) is 0 Å². The normalized spacial score (nSPS) is 12.1. The Morgan fingerprint density at radius 3 is 2.29 bits per heavy atom. The van der Waals surface area contributed by atoms with Crippen molar-refractivity contribution in [2.75, 3.05) is 0 Å². The molecule has 2 aromatic carbocycles. The Balaban J connectivity index is 2.60. The van der Waals surface area contributed by atoms with Crippen LogP contribution >= 0.6 is 0 Å². The lowest BCUT2D eigenvalue weighted by molar-refractivity contribution is 0.941. The predicted molar refractivity (Wildman–Crippen MR) is 103 cm³/mol. The van der Waals surface area contributed by atoms with Gasteiger partial charge in [-0.3, -0.25) is 9.36 Å². The first-order valence-electron chi connectivity index (χ1n) is 8.24. The van der Waals surface area contributed by atoms with Gasteiger partial charge in [-0.15, -0.1) is 0 Å². The van der Waals surface area contributed by atoms with E-state index in [1.165, 1.54) is 11.1 Å². The van der Waals surface area contributed by atoms with Crippen molar-refractivity contribution in [3.63, 3.8) is 0 Å². The number of benzene rings is 2. The first-order chi connectivity index (χ1) is 11.4. The van der Waals surface area contributed by atoms with E-state index in [-0.39, 0.29) is 5.56 Å². The van der Waals surface area contributed by atoms with Gasteiger partial charge in [0.1, 0.15) is 0 Å². The summed E-state index contributed by atoms with van der Waals surface area (Å²) < 4.78 is 1.76. The maximum Gasteiger partial charge on any atom is 0.263 e. The van der Waals surface area contributed by atoms with E-state index >= 15 is 0 Å². The number of aryl methyl sites for hydroxylation is 4. The molecule has 122 valence electrons. The van der Waals surface area contributed by atoms with Crippen LogP contribution < -0.4 is 16.1 Å². The summed E-state index contributed by atoms with van der Waals surface area (Å²) in [5, 5.41) is 3.52. The number of hydrogen-bond donors (Lipinski definition) is 0. The van der Waals surface area contributed by atoms with Gasteiger partial charge in [-0.05, 0) is 68.3 Å².